The summed E-state index contributed by atoms with van der Waals surface area (Å²) >= 11 is 0. The average molecular weight is 200 g/mol. The molecule has 2 unspecified atom stereocenters. The van der Waals surface area contributed by atoms with E-state index in [4.69, 9.17) is 15.2 Å². The van der Waals surface area contributed by atoms with E-state index in [1.165, 1.54) is 0 Å². The first-order chi connectivity index (χ1) is 6.81. The molecule has 0 aromatic rings. The highest BCUT2D eigenvalue weighted by molar-refractivity contribution is 5.70. The van der Waals surface area contributed by atoms with Crippen molar-refractivity contribution in [3.8, 4) is 0 Å². The quantitative estimate of drug-likeness (QED) is 0.685. The monoisotopic (exact) mass is 200 g/mol. The summed E-state index contributed by atoms with van der Waals surface area (Å²) < 4.78 is 10.2. The van der Waals surface area contributed by atoms with E-state index < -0.39 is 0 Å². The number of ether oxygens (including phenoxy) is 2. The van der Waals surface area contributed by atoms with E-state index in [9.17, 15) is 4.79 Å². The molecule has 2 heterocycles. The Morgan fingerprint density at radius 2 is 2.36 bits per heavy atom. The van der Waals surface area contributed by atoms with Gasteiger partial charge in [0.2, 0.25) is 0 Å². The van der Waals surface area contributed by atoms with Crippen LogP contribution in [0.15, 0.2) is 0 Å². The van der Waals surface area contributed by atoms with Crippen LogP contribution in [0.2, 0.25) is 0 Å². The van der Waals surface area contributed by atoms with Gasteiger partial charge in [-0.2, -0.15) is 0 Å². The van der Waals surface area contributed by atoms with Crippen LogP contribution in [0.3, 0.4) is 0 Å². The van der Waals surface area contributed by atoms with E-state index in [0.29, 0.717) is 19.1 Å². The number of nitrogens with zero attached hydrogens (tertiary/aromatic N) is 1. The Morgan fingerprint density at radius 1 is 1.50 bits per heavy atom. The van der Waals surface area contributed by atoms with Crippen molar-refractivity contribution < 1.29 is 14.3 Å². The maximum absolute atomic E-state index is 11.3. The van der Waals surface area contributed by atoms with E-state index in [2.05, 4.69) is 0 Å². The van der Waals surface area contributed by atoms with Crippen molar-refractivity contribution >= 4 is 6.09 Å². The lowest BCUT2D eigenvalue weighted by Gasteiger charge is -2.22. The molecule has 14 heavy (non-hydrogen) atoms. The van der Waals surface area contributed by atoms with Crippen molar-refractivity contribution in [3.05, 3.63) is 0 Å². The number of carbonyl (C=O) groups is 1. The molecule has 0 saturated carbocycles. The minimum atomic E-state index is -0.229. The van der Waals surface area contributed by atoms with Gasteiger partial charge in [0.1, 0.15) is 6.61 Å². The van der Waals surface area contributed by atoms with Gasteiger partial charge in [-0.3, -0.25) is 0 Å². The van der Waals surface area contributed by atoms with Crippen molar-refractivity contribution in [2.24, 2.45) is 11.7 Å². The van der Waals surface area contributed by atoms with Crippen molar-refractivity contribution in [1.82, 2.24) is 4.90 Å². The van der Waals surface area contributed by atoms with E-state index in [1.807, 2.05) is 0 Å². The fourth-order valence-corrected chi connectivity index (χ4v) is 1.91. The van der Waals surface area contributed by atoms with E-state index in [-0.39, 0.29) is 12.1 Å². The predicted octanol–water partition coefficient (Wildman–Crippen LogP) is -0.198. The Kier molecular flexibility index (Phi) is 2.88. The molecule has 2 fully saturated rings. The molecule has 0 bridgehead atoms. The highest BCUT2D eigenvalue weighted by atomic mass is 16.6. The summed E-state index contributed by atoms with van der Waals surface area (Å²) in [6, 6.07) is 0.0584. The number of hydrogen-bond acceptors (Lipinski definition) is 4. The third kappa shape index (κ3) is 1.83. The zero-order chi connectivity index (χ0) is 9.97. The lowest BCUT2D eigenvalue weighted by atomic mass is 10.1. The summed E-state index contributed by atoms with van der Waals surface area (Å²) in [7, 11) is 0. The molecule has 1 amide bonds. The maximum atomic E-state index is 11.3. The summed E-state index contributed by atoms with van der Waals surface area (Å²) in [5.41, 5.74) is 5.56. The standard InChI is InChI=1S/C9H16N2O3/c10-3-8-6-14-9(12)11(8)4-7-1-2-13-5-7/h7-8H,1-6,10H2. The zero-order valence-electron chi connectivity index (χ0n) is 8.15. The lowest BCUT2D eigenvalue weighted by Crippen LogP contribution is -2.41. The van der Waals surface area contributed by atoms with Crippen molar-refractivity contribution in [1.29, 1.82) is 0 Å². The Balaban J connectivity index is 1.90. The summed E-state index contributed by atoms with van der Waals surface area (Å²) in [5, 5.41) is 0. The van der Waals surface area contributed by atoms with Crippen LogP contribution < -0.4 is 5.73 Å². The van der Waals surface area contributed by atoms with Gasteiger partial charge in [-0.15, -0.1) is 0 Å². The fraction of sp³-hybridized carbons (Fsp3) is 0.889. The van der Waals surface area contributed by atoms with Gasteiger partial charge in [0, 0.05) is 25.6 Å². The van der Waals surface area contributed by atoms with Crippen LogP contribution in [0.25, 0.3) is 0 Å². The molecule has 2 atom stereocenters. The zero-order valence-corrected chi connectivity index (χ0v) is 8.15. The molecule has 0 aromatic heterocycles. The SMILES string of the molecule is NCC1COC(=O)N1CC1CCOC1. The van der Waals surface area contributed by atoms with Gasteiger partial charge in [0.25, 0.3) is 0 Å². The molecule has 0 radical (unpaired) electrons. The van der Waals surface area contributed by atoms with Crippen LogP contribution in [0.1, 0.15) is 6.42 Å². The van der Waals surface area contributed by atoms with Gasteiger partial charge >= 0.3 is 6.09 Å². The molecule has 2 N–H and O–H groups in total. The molecule has 2 rings (SSSR count). The molecule has 0 aromatic carbocycles. The maximum Gasteiger partial charge on any atom is 0.410 e. The van der Waals surface area contributed by atoms with Gasteiger partial charge in [0.05, 0.1) is 12.6 Å². The third-order valence-corrected chi connectivity index (χ3v) is 2.83. The predicted molar refractivity (Wildman–Crippen MR) is 49.8 cm³/mol. The number of nitrogens with two attached hydrogens (primary N) is 1. The van der Waals surface area contributed by atoms with Crippen molar-refractivity contribution in [2.45, 2.75) is 12.5 Å². The van der Waals surface area contributed by atoms with Crippen LogP contribution in [-0.4, -0.2) is 49.9 Å². The molecule has 5 nitrogen and oxygen atoms in total. The van der Waals surface area contributed by atoms with Gasteiger partial charge < -0.3 is 20.1 Å². The summed E-state index contributed by atoms with van der Waals surface area (Å²) in [6.07, 6.45) is 0.800. The van der Waals surface area contributed by atoms with Crippen LogP contribution in [0.4, 0.5) is 4.79 Å². The lowest BCUT2D eigenvalue weighted by molar-refractivity contribution is 0.146. The van der Waals surface area contributed by atoms with Crippen LogP contribution in [0.5, 0.6) is 0 Å². The van der Waals surface area contributed by atoms with Crippen LogP contribution in [0, 0.1) is 5.92 Å². The second-order valence-electron chi connectivity index (χ2n) is 3.85. The van der Waals surface area contributed by atoms with Crippen molar-refractivity contribution in [3.63, 3.8) is 0 Å². The Labute approximate surface area is 83.1 Å². The van der Waals surface area contributed by atoms with E-state index in [1.54, 1.807) is 4.90 Å². The molecule has 2 aliphatic heterocycles. The first-order valence-corrected chi connectivity index (χ1v) is 5.02. The summed E-state index contributed by atoms with van der Waals surface area (Å²) in [5.74, 6) is 0.453. The van der Waals surface area contributed by atoms with Crippen LogP contribution >= 0.6 is 0 Å². The van der Waals surface area contributed by atoms with E-state index in [0.717, 1.165) is 26.2 Å². The molecule has 0 aliphatic carbocycles. The van der Waals surface area contributed by atoms with E-state index >= 15 is 0 Å². The Bertz CT molecular complexity index is 216. The van der Waals surface area contributed by atoms with Gasteiger partial charge in [0.15, 0.2) is 0 Å². The summed E-state index contributed by atoms with van der Waals surface area (Å²) in [6.45, 7) is 3.19. The number of amides is 1. The minimum absolute atomic E-state index is 0.0584. The highest BCUT2D eigenvalue weighted by Crippen LogP contribution is 2.19. The van der Waals surface area contributed by atoms with Crippen molar-refractivity contribution in [2.75, 3.05) is 32.9 Å². The molecule has 0 spiro atoms. The number of carbonyl (C=O) groups excluding carboxylic acids is 1. The molecular weight excluding hydrogens is 184 g/mol. The number of hydrogen-bond donors (Lipinski definition) is 1. The summed E-state index contributed by atoms with van der Waals surface area (Å²) in [4.78, 5) is 13.1. The number of rotatable bonds is 3. The fourth-order valence-electron chi connectivity index (χ4n) is 1.91. The Morgan fingerprint density at radius 3 is 3.00 bits per heavy atom. The largest absolute Gasteiger partial charge is 0.447 e. The third-order valence-electron chi connectivity index (χ3n) is 2.83. The van der Waals surface area contributed by atoms with Crippen LogP contribution in [-0.2, 0) is 9.47 Å². The van der Waals surface area contributed by atoms with Gasteiger partial charge in [-0.1, -0.05) is 0 Å². The smallest absolute Gasteiger partial charge is 0.410 e. The van der Waals surface area contributed by atoms with Gasteiger partial charge in [-0.25, -0.2) is 4.79 Å². The molecule has 2 saturated heterocycles. The Hall–Kier alpha value is -0.810. The van der Waals surface area contributed by atoms with Gasteiger partial charge in [-0.05, 0) is 6.42 Å². The number of cyclic esters (lactones) is 1. The first-order valence-electron chi connectivity index (χ1n) is 5.02. The normalized spacial score (nSPS) is 32.4. The second-order valence-corrected chi connectivity index (χ2v) is 3.85. The molecular formula is C9H16N2O3. The first kappa shape index (κ1) is 9.73. The molecule has 2 aliphatic rings. The molecule has 80 valence electrons. The topological polar surface area (TPSA) is 64.8 Å². The highest BCUT2D eigenvalue weighted by Gasteiger charge is 2.34. The average Bonchev–Trinajstić information content (AvgIpc) is 2.79. The minimum Gasteiger partial charge on any atom is -0.447 e. The molecule has 5 heteroatoms. The second kappa shape index (κ2) is 4.14.